The van der Waals surface area contributed by atoms with Crippen molar-refractivity contribution >= 4 is 17.9 Å². The maximum atomic E-state index is 12.8. The van der Waals surface area contributed by atoms with Crippen molar-refractivity contribution in [2.75, 3.05) is 26.2 Å². The van der Waals surface area contributed by atoms with Crippen LogP contribution in [0.1, 0.15) is 15.9 Å². The molecule has 1 aliphatic rings. The van der Waals surface area contributed by atoms with Crippen LogP contribution in [-0.4, -0.2) is 52.4 Å². The summed E-state index contributed by atoms with van der Waals surface area (Å²) in [6.45, 7) is 2.18. The first-order valence-electron chi connectivity index (χ1n) is 9.75. The Hall–Kier alpha value is -3.60. The summed E-state index contributed by atoms with van der Waals surface area (Å²) in [5, 5.41) is 0. The number of carbonyl (C=O) groups is 2. The van der Waals surface area contributed by atoms with E-state index in [1.807, 2.05) is 94.7 Å². The van der Waals surface area contributed by atoms with Crippen molar-refractivity contribution in [1.82, 2.24) is 14.4 Å². The molecule has 1 saturated heterocycles. The Morgan fingerprint density at radius 1 is 0.724 bits per heavy atom. The summed E-state index contributed by atoms with van der Waals surface area (Å²) in [5.74, 6) is -0.00647. The van der Waals surface area contributed by atoms with Gasteiger partial charge in [0.1, 0.15) is 0 Å². The molecular weight excluding hydrogens is 362 g/mol. The van der Waals surface area contributed by atoms with Crippen molar-refractivity contribution in [2.45, 2.75) is 0 Å². The zero-order valence-corrected chi connectivity index (χ0v) is 16.1. The minimum atomic E-state index is -0.0166. The molecule has 0 unspecified atom stereocenters. The number of rotatable bonds is 4. The molecule has 0 atom stereocenters. The third-order valence-corrected chi connectivity index (χ3v) is 5.11. The summed E-state index contributed by atoms with van der Waals surface area (Å²) in [6.07, 6.45) is 7.37. The third kappa shape index (κ3) is 4.46. The molecule has 0 N–H and O–H groups in total. The molecular formula is C24H23N3O2. The van der Waals surface area contributed by atoms with Crippen molar-refractivity contribution in [1.29, 1.82) is 0 Å². The number of carbonyl (C=O) groups excluding carboxylic acids is 2. The normalized spacial score (nSPS) is 14.3. The van der Waals surface area contributed by atoms with Crippen LogP contribution in [0, 0.1) is 0 Å². The Kier molecular flexibility index (Phi) is 5.56. The van der Waals surface area contributed by atoms with Crippen molar-refractivity contribution in [3.8, 4) is 5.69 Å². The molecule has 2 amide bonds. The van der Waals surface area contributed by atoms with Crippen molar-refractivity contribution < 1.29 is 9.59 Å². The second-order valence-corrected chi connectivity index (χ2v) is 7.00. The van der Waals surface area contributed by atoms with E-state index in [1.165, 1.54) is 0 Å². The quantitative estimate of drug-likeness (QED) is 0.646. The fraction of sp³-hybridized carbons (Fsp3) is 0.167. The second-order valence-electron chi connectivity index (χ2n) is 7.00. The van der Waals surface area contributed by atoms with E-state index >= 15 is 0 Å². The van der Waals surface area contributed by atoms with Gasteiger partial charge in [-0.05, 0) is 48.0 Å². The molecule has 2 heterocycles. The predicted molar refractivity (Wildman–Crippen MR) is 114 cm³/mol. The Morgan fingerprint density at radius 2 is 1.34 bits per heavy atom. The number of benzene rings is 2. The standard InChI is InChI=1S/C24H23N3O2/c28-23(13-8-20-6-2-1-3-7-20)26-16-18-27(19-17-26)24(29)21-9-11-22(12-10-21)25-14-4-5-15-25/h1-15H,16-19H2/b13-8+. The van der Waals surface area contributed by atoms with Gasteiger partial charge in [-0.1, -0.05) is 30.3 Å². The number of hydrogen-bond donors (Lipinski definition) is 0. The minimum Gasteiger partial charge on any atom is -0.336 e. The van der Waals surface area contributed by atoms with Crippen molar-refractivity contribution in [2.24, 2.45) is 0 Å². The van der Waals surface area contributed by atoms with Gasteiger partial charge in [-0.2, -0.15) is 0 Å². The predicted octanol–water partition coefficient (Wildman–Crippen LogP) is 3.48. The SMILES string of the molecule is O=C(/C=C/c1ccccc1)N1CCN(C(=O)c2ccc(-n3cccc3)cc2)CC1. The smallest absolute Gasteiger partial charge is 0.253 e. The second kappa shape index (κ2) is 8.61. The van der Waals surface area contributed by atoms with Gasteiger partial charge in [-0.3, -0.25) is 9.59 Å². The van der Waals surface area contributed by atoms with E-state index in [0.717, 1.165) is 11.3 Å². The molecule has 0 radical (unpaired) electrons. The van der Waals surface area contributed by atoms with Gasteiger partial charge >= 0.3 is 0 Å². The first kappa shape index (κ1) is 18.7. The molecule has 1 aliphatic heterocycles. The number of hydrogen-bond acceptors (Lipinski definition) is 2. The maximum Gasteiger partial charge on any atom is 0.253 e. The maximum absolute atomic E-state index is 12.8. The van der Waals surface area contributed by atoms with E-state index in [-0.39, 0.29) is 11.8 Å². The van der Waals surface area contributed by atoms with Gasteiger partial charge in [0, 0.05) is 55.9 Å². The number of amides is 2. The lowest BCUT2D eigenvalue weighted by Gasteiger charge is -2.34. The van der Waals surface area contributed by atoms with Gasteiger partial charge in [0.05, 0.1) is 0 Å². The van der Waals surface area contributed by atoms with Crippen LogP contribution in [0.2, 0.25) is 0 Å². The molecule has 0 aliphatic carbocycles. The molecule has 0 spiro atoms. The van der Waals surface area contributed by atoms with Crippen molar-refractivity contribution in [3.63, 3.8) is 0 Å². The zero-order chi connectivity index (χ0) is 20.1. The van der Waals surface area contributed by atoms with E-state index in [4.69, 9.17) is 0 Å². The van der Waals surface area contributed by atoms with Crippen LogP contribution in [0.15, 0.2) is 85.2 Å². The molecule has 0 bridgehead atoms. The first-order valence-corrected chi connectivity index (χ1v) is 9.75. The monoisotopic (exact) mass is 385 g/mol. The lowest BCUT2D eigenvalue weighted by Crippen LogP contribution is -2.50. The van der Waals surface area contributed by atoms with E-state index in [1.54, 1.807) is 11.0 Å². The van der Waals surface area contributed by atoms with Crippen LogP contribution in [0.5, 0.6) is 0 Å². The van der Waals surface area contributed by atoms with E-state index in [0.29, 0.717) is 31.7 Å². The average Bonchev–Trinajstić information content (AvgIpc) is 3.33. The highest BCUT2D eigenvalue weighted by atomic mass is 16.2. The molecule has 2 aromatic carbocycles. The van der Waals surface area contributed by atoms with Gasteiger partial charge in [-0.15, -0.1) is 0 Å². The first-order chi connectivity index (χ1) is 14.2. The molecule has 146 valence electrons. The molecule has 5 heteroatoms. The highest BCUT2D eigenvalue weighted by molar-refractivity contribution is 5.95. The summed E-state index contributed by atoms with van der Waals surface area (Å²) in [6, 6.07) is 21.3. The Bertz CT molecular complexity index is 984. The van der Waals surface area contributed by atoms with E-state index in [2.05, 4.69) is 0 Å². The van der Waals surface area contributed by atoms with Crippen LogP contribution in [0.25, 0.3) is 11.8 Å². The summed E-state index contributed by atoms with van der Waals surface area (Å²) >= 11 is 0. The number of aromatic nitrogens is 1. The topological polar surface area (TPSA) is 45.6 Å². The van der Waals surface area contributed by atoms with Crippen LogP contribution >= 0.6 is 0 Å². The minimum absolute atomic E-state index is 0.0102. The van der Waals surface area contributed by atoms with Gasteiger partial charge in [0.2, 0.25) is 5.91 Å². The highest BCUT2D eigenvalue weighted by Crippen LogP contribution is 2.14. The van der Waals surface area contributed by atoms with Crippen molar-refractivity contribution in [3.05, 3.63) is 96.3 Å². The van der Waals surface area contributed by atoms with E-state index < -0.39 is 0 Å². The van der Waals surface area contributed by atoms with Crippen LogP contribution in [-0.2, 0) is 4.79 Å². The number of piperazine rings is 1. The lowest BCUT2D eigenvalue weighted by molar-refractivity contribution is -0.127. The summed E-state index contributed by atoms with van der Waals surface area (Å²) < 4.78 is 2.00. The lowest BCUT2D eigenvalue weighted by atomic mass is 10.1. The molecule has 1 aromatic heterocycles. The fourth-order valence-corrected chi connectivity index (χ4v) is 3.43. The summed E-state index contributed by atoms with van der Waals surface area (Å²) in [4.78, 5) is 28.8. The van der Waals surface area contributed by atoms with Gasteiger partial charge in [0.15, 0.2) is 0 Å². The van der Waals surface area contributed by atoms with Crippen LogP contribution < -0.4 is 0 Å². The summed E-state index contributed by atoms with van der Waals surface area (Å²) in [5.41, 5.74) is 2.69. The molecule has 4 rings (SSSR count). The number of nitrogens with zero attached hydrogens (tertiary/aromatic N) is 3. The molecule has 29 heavy (non-hydrogen) atoms. The summed E-state index contributed by atoms with van der Waals surface area (Å²) in [7, 11) is 0. The average molecular weight is 385 g/mol. The molecule has 3 aromatic rings. The molecule has 1 fully saturated rings. The Balaban J connectivity index is 1.32. The Morgan fingerprint density at radius 3 is 2.00 bits per heavy atom. The fourth-order valence-electron chi connectivity index (χ4n) is 3.43. The Labute approximate surface area is 170 Å². The van der Waals surface area contributed by atoms with Crippen LogP contribution in [0.3, 0.4) is 0 Å². The molecule has 5 nitrogen and oxygen atoms in total. The van der Waals surface area contributed by atoms with Gasteiger partial charge in [-0.25, -0.2) is 0 Å². The highest BCUT2D eigenvalue weighted by Gasteiger charge is 2.23. The van der Waals surface area contributed by atoms with Gasteiger partial charge in [0.25, 0.3) is 5.91 Å². The van der Waals surface area contributed by atoms with Crippen LogP contribution in [0.4, 0.5) is 0 Å². The van der Waals surface area contributed by atoms with E-state index in [9.17, 15) is 9.59 Å². The zero-order valence-electron chi connectivity index (χ0n) is 16.1. The van der Waals surface area contributed by atoms with Gasteiger partial charge < -0.3 is 14.4 Å². The largest absolute Gasteiger partial charge is 0.336 e. The third-order valence-electron chi connectivity index (χ3n) is 5.11. The molecule has 0 saturated carbocycles.